The highest BCUT2D eigenvalue weighted by molar-refractivity contribution is 5.29. The maximum Gasteiger partial charge on any atom is 0.110 e. The van der Waals surface area contributed by atoms with Gasteiger partial charge in [0.05, 0.1) is 5.69 Å². The molecule has 0 N–H and O–H groups in total. The normalized spacial score (nSPS) is 10.1. The molecule has 0 saturated carbocycles. The molecule has 11 heavy (non-hydrogen) atoms. The van der Waals surface area contributed by atoms with Gasteiger partial charge in [-0.2, -0.15) is 0 Å². The topological polar surface area (TPSA) is 17.8 Å². The zero-order valence-corrected chi connectivity index (χ0v) is 7.39. The van der Waals surface area contributed by atoms with Crippen LogP contribution >= 0.6 is 0 Å². The van der Waals surface area contributed by atoms with Gasteiger partial charge in [0.2, 0.25) is 0 Å². The molecule has 0 aliphatic heterocycles. The van der Waals surface area contributed by atoms with Crippen molar-refractivity contribution >= 4 is 6.20 Å². The number of aromatic nitrogens is 2. The number of hydrogen-bond donors (Lipinski definition) is 0. The fourth-order valence-corrected chi connectivity index (χ4v) is 1.40. The molecular formula is C9H14N2. The van der Waals surface area contributed by atoms with Crippen molar-refractivity contribution in [3.63, 3.8) is 0 Å². The molecule has 1 aromatic rings. The Balaban J connectivity index is 3.28. The van der Waals surface area contributed by atoms with Gasteiger partial charge in [0.15, 0.2) is 0 Å². The Kier molecular flexibility index (Phi) is 2.13. The predicted octanol–water partition coefficient (Wildman–Crippen LogP) is 2.16. The lowest BCUT2D eigenvalue weighted by molar-refractivity contribution is 0.935. The number of nitrogens with zero attached hydrogens (tertiary/aromatic N) is 2. The van der Waals surface area contributed by atoms with Gasteiger partial charge in [-0.1, -0.05) is 13.5 Å². The van der Waals surface area contributed by atoms with Crippen molar-refractivity contribution in [2.75, 3.05) is 0 Å². The zero-order valence-electron chi connectivity index (χ0n) is 7.39. The Labute approximate surface area is 67.6 Å². The van der Waals surface area contributed by atoms with E-state index < -0.39 is 0 Å². The standard InChI is InChI=1S/C9H14N2/c1-5-9-7(3)10-8(4)11(9)6-2/h6H,2,5H2,1,3-4H3. The highest BCUT2D eigenvalue weighted by Crippen LogP contribution is 2.10. The molecule has 2 heteroatoms. The molecule has 0 fully saturated rings. The van der Waals surface area contributed by atoms with Crippen LogP contribution in [0.15, 0.2) is 6.58 Å². The molecule has 1 rings (SSSR count). The van der Waals surface area contributed by atoms with Gasteiger partial charge < -0.3 is 4.57 Å². The Morgan fingerprint density at radius 2 is 2.18 bits per heavy atom. The average Bonchev–Trinajstić information content (AvgIpc) is 2.24. The Morgan fingerprint density at radius 3 is 2.55 bits per heavy atom. The molecule has 0 aliphatic carbocycles. The quantitative estimate of drug-likeness (QED) is 0.631. The van der Waals surface area contributed by atoms with Crippen LogP contribution in [0.1, 0.15) is 24.1 Å². The van der Waals surface area contributed by atoms with Gasteiger partial charge in [-0.3, -0.25) is 0 Å². The van der Waals surface area contributed by atoms with Crippen LogP contribution in [0.3, 0.4) is 0 Å². The summed E-state index contributed by atoms with van der Waals surface area (Å²) in [4.78, 5) is 4.34. The molecule has 0 amide bonds. The lowest BCUT2D eigenvalue weighted by Gasteiger charge is -2.00. The largest absolute Gasteiger partial charge is 0.308 e. The van der Waals surface area contributed by atoms with Gasteiger partial charge in [-0.15, -0.1) is 0 Å². The summed E-state index contributed by atoms with van der Waals surface area (Å²) in [5.74, 6) is 1.02. The van der Waals surface area contributed by atoms with Crippen molar-refractivity contribution in [2.24, 2.45) is 0 Å². The van der Waals surface area contributed by atoms with Crippen LogP contribution in [0, 0.1) is 13.8 Å². The molecule has 60 valence electrons. The van der Waals surface area contributed by atoms with Gasteiger partial charge in [-0.05, 0) is 20.3 Å². The molecule has 2 nitrogen and oxygen atoms in total. The van der Waals surface area contributed by atoms with Crippen molar-refractivity contribution < 1.29 is 0 Å². The van der Waals surface area contributed by atoms with Gasteiger partial charge in [-0.25, -0.2) is 4.98 Å². The summed E-state index contributed by atoms with van der Waals surface area (Å²) >= 11 is 0. The fraction of sp³-hybridized carbons (Fsp3) is 0.444. The minimum atomic E-state index is 1.01. The highest BCUT2D eigenvalue weighted by atomic mass is 15.1. The van der Waals surface area contributed by atoms with Crippen LogP contribution in [0.5, 0.6) is 0 Å². The maximum absolute atomic E-state index is 4.34. The highest BCUT2D eigenvalue weighted by Gasteiger charge is 2.05. The van der Waals surface area contributed by atoms with Crippen molar-refractivity contribution in [3.8, 4) is 0 Å². The van der Waals surface area contributed by atoms with Crippen LogP contribution in [0.4, 0.5) is 0 Å². The first-order valence-corrected chi connectivity index (χ1v) is 3.87. The van der Waals surface area contributed by atoms with Crippen LogP contribution in [-0.2, 0) is 6.42 Å². The number of aryl methyl sites for hydroxylation is 2. The zero-order chi connectivity index (χ0) is 8.43. The van der Waals surface area contributed by atoms with Gasteiger partial charge >= 0.3 is 0 Å². The van der Waals surface area contributed by atoms with E-state index in [1.807, 2.05) is 24.6 Å². The lowest BCUT2D eigenvalue weighted by Crippen LogP contribution is -1.95. The van der Waals surface area contributed by atoms with E-state index in [1.54, 1.807) is 0 Å². The van der Waals surface area contributed by atoms with E-state index >= 15 is 0 Å². The minimum Gasteiger partial charge on any atom is -0.308 e. The first-order chi connectivity index (χ1) is 5.20. The fourth-order valence-electron chi connectivity index (χ4n) is 1.40. The van der Waals surface area contributed by atoms with Crippen LogP contribution < -0.4 is 0 Å². The molecule has 0 aromatic carbocycles. The second-order valence-corrected chi connectivity index (χ2v) is 2.60. The minimum absolute atomic E-state index is 1.01. The Bertz CT molecular complexity index is 271. The third kappa shape index (κ3) is 1.20. The summed E-state index contributed by atoms with van der Waals surface area (Å²) in [7, 11) is 0. The molecular weight excluding hydrogens is 136 g/mol. The second-order valence-electron chi connectivity index (χ2n) is 2.60. The maximum atomic E-state index is 4.34. The van der Waals surface area contributed by atoms with Gasteiger partial charge in [0.1, 0.15) is 5.82 Å². The summed E-state index contributed by atoms with van der Waals surface area (Å²) in [6, 6.07) is 0. The lowest BCUT2D eigenvalue weighted by atomic mass is 10.3. The third-order valence-electron chi connectivity index (χ3n) is 1.90. The molecule has 1 aromatic heterocycles. The monoisotopic (exact) mass is 150 g/mol. The molecule has 0 saturated heterocycles. The number of hydrogen-bond acceptors (Lipinski definition) is 1. The van der Waals surface area contributed by atoms with E-state index in [1.165, 1.54) is 5.69 Å². The van der Waals surface area contributed by atoms with E-state index in [9.17, 15) is 0 Å². The molecule has 0 atom stereocenters. The van der Waals surface area contributed by atoms with Gasteiger partial charge in [0, 0.05) is 11.9 Å². The molecule has 0 bridgehead atoms. The summed E-state index contributed by atoms with van der Waals surface area (Å²) in [5.41, 5.74) is 2.38. The van der Waals surface area contributed by atoms with Crippen molar-refractivity contribution in [2.45, 2.75) is 27.2 Å². The molecule has 0 radical (unpaired) electrons. The summed E-state index contributed by atoms with van der Waals surface area (Å²) in [6.45, 7) is 9.89. The van der Waals surface area contributed by atoms with E-state index in [4.69, 9.17) is 0 Å². The summed E-state index contributed by atoms with van der Waals surface area (Å²) in [6.07, 6.45) is 2.83. The molecule has 0 unspecified atom stereocenters. The molecule has 1 heterocycles. The van der Waals surface area contributed by atoms with Crippen LogP contribution in [0.25, 0.3) is 6.20 Å². The van der Waals surface area contributed by atoms with E-state index in [0.29, 0.717) is 0 Å². The molecule has 0 spiro atoms. The number of rotatable bonds is 2. The molecule has 0 aliphatic rings. The average molecular weight is 150 g/mol. The Hall–Kier alpha value is -1.05. The third-order valence-corrected chi connectivity index (χ3v) is 1.90. The van der Waals surface area contributed by atoms with Crippen molar-refractivity contribution in [3.05, 3.63) is 23.8 Å². The summed E-state index contributed by atoms with van der Waals surface area (Å²) in [5, 5.41) is 0. The Morgan fingerprint density at radius 1 is 1.55 bits per heavy atom. The summed E-state index contributed by atoms with van der Waals surface area (Å²) < 4.78 is 2.04. The van der Waals surface area contributed by atoms with Crippen molar-refractivity contribution in [1.82, 2.24) is 9.55 Å². The second kappa shape index (κ2) is 2.91. The first kappa shape index (κ1) is 8.05. The van der Waals surface area contributed by atoms with E-state index in [-0.39, 0.29) is 0 Å². The predicted molar refractivity (Wildman–Crippen MR) is 47.5 cm³/mol. The SMILES string of the molecule is C=Cn1c(C)nc(C)c1CC. The number of imidazole rings is 1. The smallest absolute Gasteiger partial charge is 0.110 e. The van der Waals surface area contributed by atoms with Crippen LogP contribution in [-0.4, -0.2) is 9.55 Å². The van der Waals surface area contributed by atoms with Crippen LogP contribution in [0.2, 0.25) is 0 Å². The van der Waals surface area contributed by atoms with E-state index in [2.05, 4.69) is 18.5 Å². The van der Waals surface area contributed by atoms with E-state index in [0.717, 1.165) is 17.9 Å². The van der Waals surface area contributed by atoms with Gasteiger partial charge in [0.25, 0.3) is 0 Å². The van der Waals surface area contributed by atoms with Crippen molar-refractivity contribution in [1.29, 1.82) is 0 Å². The first-order valence-electron chi connectivity index (χ1n) is 3.87.